The largest absolute Gasteiger partial charge is 0.360 e. The average molecular weight is 316 g/mol. The summed E-state index contributed by atoms with van der Waals surface area (Å²) in [4.78, 5) is 0. The molecule has 116 valence electrons. The highest BCUT2D eigenvalue weighted by Gasteiger charge is 2.04. The Morgan fingerprint density at radius 1 is 1.05 bits per heavy atom. The Morgan fingerprint density at radius 3 is 2.41 bits per heavy atom. The van der Waals surface area contributed by atoms with Crippen LogP contribution < -0.4 is 10.6 Å². The Bertz CT molecular complexity index is 584. The van der Waals surface area contributed by atoms with E-state index in [1.807, 2.05) is 6.07 Å². The normalized spacial score (nSPS) is 11.7. The number of halogens is 1. The van der Waals surface area contributed by atoms with Crippen LogP contribution in [0.5, 0.6) is 0 Å². The molecule has 4 heteroatoms. The molecule has 2 N–H and O–H groups in total. The standard InChI is InChI=1S/C18H21FN2S/c1-14(7-8-15-5-3-2-4-6-15)21-18(22)20-13-16-9-11-17(19)12-10-16/h2-6,9-12,14H,7-8,13H2,1H3,(H2,20,21,22)/t14-/m1/s1. The number of rotatable bonds is 6. The summed E-state index contributed by atoms with van der Waals surface area (Å²) in [5.41, 5.74) is 2.34. The van der Waals surface area contributed by atoms with Crippen molar-refractivity contribution in [3.05, 3.63) is 71.5 Å². The Labute approximate surface area is 136 Å². The van der Waals surface area contributed by atoms with Crippen molar-refractivity contribution in [1.29, 1.82) is 0 Å². The minimum atomic E-state index is -0.223. The first-order valence-electron chi connectivity index (χ1n) is 7.46. The first kappa shape index (κ1) is 16.4. The van der Waals surface area contributed by atoms with Gasteiger partial charge in [-0.2, -0.15) is 0 Å². The van der Waals surface area contributed by atoms with Crippen LogP contribution in [0, 0.1) is 5.82 Å². The Balaban J connectivity index is 1.68. The maximum absolute atomic E-state index is 12.8. The molecule has 0 aliphatic rings. The summed E-state index contributed by atoms with van der Waals surface area (Å²) < 4.78 is 12.8. The highest BCUT2D eigenvalue weighted by molar-refractivity contribution is 7.80. The minimum absolute atomic E-state index is 0.223. The van der Waals surface area contributed by atoms with Crippen molar-refractivity contribution in [2.75, 3.05) is 0 Å². The van der Waals surface area contributed by atoms with E-state index in [2.05, 4.69) is 41.8 Å². The van der Waals surface area contributed by atoms with Crippen molar-refractivity contribution in [2.45, 2.75) is 32.4 Å². The maximum Gasteiger partial charge on any atom is 0.166 e. The Morgan fingerprint density at radius 2 is 1.73 bits per heavy atom. The van der Waals surface area contributed by atoms with Gasteiger partial charge in [0, 0.05) is 12.6 Å². The molecule has 22 heavy (non-hydrogen) atoms. The van der Waals surface area contributed by atoms with Crippen molar-refractivity contribution in [1.82, 2.24) is 10.6 Å². The minimum Gasteiger partial charge on any atom is -0.360 e. The lowest BCUT2D eigenvalue weighted by molar-refractivity contribution is 0.599. The highest BCUT2D eigenvalue weighted by Crippen LogP contribution is 2.05. The lowest BCUT2D eigenvalue weighted by Gasteiger charge is -2.17. The Kier molecular flexibility index (Phi) is 6.34. The third-order valence-electron chi connectivity index (χ3n) is 3.45. The van der Waals surface area contributed by atoms with Crippen LogP contribution in [0.1, 0.15) is 24.5 Å². The molecule has 0 heterocycles. The smallest absolute Gasteiger partial charge is 0.166 e. The van der Waals surface area contributed by atoms with Crippen molar-refractivity contribution in [3.63, 3.8) is 0 Å². The Hall–Kier alpha value is -1.94. The van der Waals surface area contributed by atoms with E-state index in [0.717, 1.165) is 18.4 Å². The lowest BCUT2D eigenvalue weighted by Crippen LogP contribution is -2.40. The molecule has 0 bridgehead atoms. The molecular formula is C18H21FN2S. The molecular weight excluding hydrogens is 295 g/mol. The van der Waals surface area contributed by atoms with Crippen LogP contribution >= 0.6 is 12.2 Å². The molecule has 0 saturated heterocycles. The summed E-state index contributed by atoms with van der Waals surface area (Å²) in [6.07, 6.45) is 2.04. The van der Waals surface area contributed by atoms with Crippen LogP contribution in [0.3, 0.4) is 0 Å². The van der Waals surface area contributed by atoms with Crippen molar-refractivity contribution in [2.24, 2.45) is 0 Å². The monoisotopic (exact) mass is 316 g/mol. The number of hydrogen-bond donors (Lipinski definition) is 2. The molecule has 2 rings (SSSR count). The molecule has 1 atom stereocenters. The van der Waals surface area contributed by atoms with Crippen molar-refractivity contribution >= 4 is 17.3 Å². The summed E-state index contributed by atoms with van der Waals surface area (Å²) in [6, 6.07) is 17.1. The molecule has 0 spiro atoms. The second-order valence-corrected chi connectivity index (χ2v) is 5.79. The van der Waals surface area contributed by atoms with E-state index in [9.17, 15) is 4.39 Å². The van der Waals surface area contributed by atoms with Gasteiger partial charge in [0.05, 0.1) is 0 Å². The van der Waals surface area contributed by atoms with E-state index in [0.29, 0.717) is 17.7 Å². The third-order valence-corrected chi connectivity index (χ3v) is 3.71. The quantitative estimate of drug-likeness (QED) is 0.793. The molecule has 0 aromatic heterocycles. The fourth-order valence-corrected chi connectivity index (χ4v) is 2.43. The van der Waals surface area contributed by atoms with Crippen LogP contribution in [-0.2, 0) is 13.0 Å². The van der Waals surface area contributed by atoms with Gasteiger partial charge in [0.1, 0.15) is 5.82 Å². The van der Waals surface area contributed by atoms with Gasteiger partial charge >= 0.3 is 0 Å². The fraction of sp³-hybridized carbons (Fsp3) is 0.278. The van der Waals surface area contributed by atoms with Gasteiger partial charge in [-0.15, -0.1) is 0 Å². The van der Waals surface area contributed by atoms with E-state index in [4.69, 9.17) is 12.2 Å². The molecule has 2 nitrogen and oxygen atoms in total. The van der Waals surface area contributed by atoms with Crippen LogP contribution in [0.4, 0.5) is 4.39 Å². The number of thiocarbonyl (C=S) groups is 1. The summed E-state index contributed by atoms with van der Waals surface area (Å²) in [5.74, 6) is -0.223. The molecule has 2 aromatic rings. The van der Waals surface area contributed by atoms with Crippen LogP contribution in [0.15, 0.2) is 54.6 Å². The summed E-state index contributed by atoms with van der Waals surface area (Å²) in [7, 11) is 0. The van der Waals surface area contributed by atoms with E-state index >= 15 is 0 Å². The fourth-order valence-electron chi connectivity index (χ4n) is 2.16. The highest BCUT2D eigenvalue weighted by atomic mass is 32.1. The molecule has 0 aliphatic carbocycles. The first-order valence-corrected chi connectivity index (χ1v) is 7.87. The van der Waals surface area contributed by atoms with Gasteiger partial charge in [0.25, 0.3) is 0 Å². The van der Waals surface area contributed by atoms with Gasteiger partial charge in [-0.25, -0.2) is 4.39 Å². The third kappa shape index (κ3) is 5.82. The number of nitrogens with one attached hydrogen (secondary N) is 2. The second kappa shape index (κ2) is 8.49. The van der Waals surface area contributed by atoms with Crippen LogP contribution in [-0.4, -0.2) is 11.2 Å². The van der Waals surface area contributed by atoms with Gasteiger partial charge in [0.15, 0.2) is 5.11 Å². The first-order chi connectivity index (χ1) is 10.6. The second-order valence-electron chi connectivity index (χ2n) is 5.38. The molecule has 2 aromatic carbocycles. The lowest BCUT2D eigenvalue weighted by atomic mass is 10.1. The van der Waals surface area contributed by atoms with Crippen LogP contribution in [0.25, 0.3) is 0 Å². The van der Waals surface area contributed by atoms with Gasteiger partial charge < -0.3 is 10.6 Å². The SMILES string of the molecule is C[C@H](CCc1ccccc1)NC(=S)NCc1ccc(F)cc1. The topological polar surface area (TPSA) is 24.1 Å². The van der Waals surface area contributed by atoms with Crippen molar-refractivity contribution < 1.29 is 4.39 Å². The van der Waals surface area contributed by atoms with E-state index in [1.54, 1.807) is 12.1 Å². The molecule has 0 aliphatic heterocycles. The number of benzene rings is 2. The molecule has 0 amide bonds. The number of aryl methyl sites for hydroxylation is 1. The maximum atomic E-state index is 12.8. The van der Waals surface area contributed by atoms with E-state index < -0.39 is 0 Å². The molecule has 0 unspecified atom stereocenters. The van der Waals surface area contributed by atoms with Gasteiger partial charge in [0.2, 0.25) is 0 Å². The predicted molar refractivity (Wildman–Crippen MR) is 93.2 cm³/mol. The van der Waals surface area contributed by atoms with Gasteiger partial charge in [-0.3, -0.25) is 0 Å². The van der Waals surface area contributed by atoms with Gasteiger partial charge in [-0.1, -0.05) is 42.5 Å². The zero-order valence-electron chi connectivity index (χ0n) is 12.7. The van der Waals surface area contributed by atoms with Crippen molar-refractivity contribution in [3.8, 4) is 0 Å². The number of hydrogen-bond acceptors (Lipinski definition) is 1. The van der Waals surface area contributed by atoms with Crippen LogP contribution in [0.2, 0.25) is 0 Å². The molecule has 0 radical (unpaired) electrons. The zero-order valence-corrected chi connectivity index (χ0v) is 13.5. The van der Waals surface area contributed by atoms with E-state index in [-0.39, 0.29) is 5.82 Å². The van der Waals surface area contributed by atoms with Gasteiger partial charge in [-0.05, 0) is 55.2 Å². The van der Waals surface area contributed by atoms with E-state index in [1.165, 1.54) is 17.7 Å². The summed E-state index contributed by atoms with van der Waals surface area (Å²) in [6.45, 7) is 2.71. The zero-order chi connectivity index (χ0) is 15.8. The molecule has 0 saturated carbocycles. The summed E-state index contributed by atoms with van der Waals surface area (Å²) in [5, 5.41) is 7.05. The molecule has 0 fully saturated rings. The summed E-state index contributed by atoms with van der Waals surface area (Å²) >= 11 is 5.29. The predicted octanol–water partition coefficient (Wildman–Crippen LogP) is 3.81. The average Bonchev–Trinajstić information content (AvgIpc) is 2.53.